The van der Waals surface area contributed by atoms with Crippen LogP contribution in [0.2, 0.25) is 0 Å². The molecule has 4 heteroatoms. The van der Waals surface area contributed by atoms with E-state index in [9.17, 15) is 0 Å². The van der Waals surface area contributed by atoms with Gasteiger partial charge in [0.1, 0.15) is 12.4 Å². The standard InChI is InChI=1S/C23H33N3O/c1-19-4-6-22(7-5-19)18-27-23-10-8-21(9-11-23)17-24-16-20(2)26-14-12-25(3)13-15-26/h4-11,20,24H,12-18H2,1-3H3. The van der Waals surface area contributed by atoms with E-state index in [1.165, 1.54) is 42.9 Å². The van der Waals surface area contributed by atoms with Crippen LogP contribution >= 0.6 is 0 Å². The van der Waals surface area contributed by atoms with Crippen molar-refractivity contribution in [1.82, 2.24) is 15.1 Å². The lowest BCUT2D eigenvalue weighted by molar-refractivity contribution is 0.118. The second-order valence-electron chi connectivity index (χ2n) is 7.74. The summed E-state index contributed by atoms with van der Waals surface area (Å²) in [5.74, 6) is 0.921. The Bertz CT molecular complexity index is 676. The molecular formula is C23H33N3O. The molecule has 2 aromatic carbocycles. The number of rotatable bonds is 8. The highest BCUT2D eigenvalue weighted by Gasteiger charge is 2.18. The van der Waals surface area contributed by atoms with Crippen LogP contribution in [-0.4, -0.2) is 55.6 Å². The number of hydrogen-bond acceptors (Lipinski definition) is 4. The van der Waals surface area contributed by atoms with Crippen molar-refractivity contribution in [3.05, 3.63) is 65.2 Å². The fourth-order valence-corrected chi connectivity index (χ4v) is 3.37. The number of piperazine rings is 1. The Morgan fingerprint density at radius 2 is 1.56 bits per heavy atom. The molecule has 4 nitrogen and oxygen atoms in total. The summed E-state index contributed by atoms with van der Waals surface area (Å²) in [6.07, 6.45) is 0. The van der Waals surface area contributed by atoms with E-state index in [4.69, 9.17) is 4.74 Å². The molecule has 1 unspecified atom stereocenters. The van der Waals surface area contributed by atoms with Gasteiger partial charge in [0.15, 0.2) is 0 Å². The Morgan fingerprint density at radius 3 is 2.22 bits per heavy atom. The number of ether oxygens (including phenoxy) is 1. The monoisotopic (exact) mass is 367 g/mol. The molecule has 1 atom stereocenters. The molecule has 1 aliphatic rings. The minimum Gasteiger partial charge on any atom is -0.489 e. The number of nitrogens with one attached hydrogen (secondary N) is 1. The highest BCUT2D eigenvalue weighted by molar-refractivity contribution is 5.28. The molecule has 0 spiro atoms. The Balaban J connectivity index is 1.38. The Hall–Kier alpha value is -1.88. The maximum absolute atomic E-state index is 5.89. The van der Waals surface area contributed by atoms with E-state index in [1.54, 1.807) is 0 Å². The van der Waals surface area contributed by atoms with Crippen LogP contribution in [0.3, 0.4) is 0 Å². The summed E-state index contributed by atoms with van der Waals surface area (Å²) in [5, 5.41) is 3.60. The molecule has 0 saturated carbocycles. The number of hydrogen-bond donors (Lipinski definition) is 1. The molecule has 146 valence electrons. The van der Waals surface area contributed by atoms with E-state index in [1.807, 2.05) is 0 Å². The maximum atomic E-state index is 5.89. The predicted octanol–water partition coefficient (Wildman–Crippen LogP) is 3.30. The van der Waals surface area contributed by atoms with Crippen LogP contribution in [0.15, 0.2) is 48.5 Å². The minimum absolute atomic E-state index is 0.579. The first-order valence-corrected chi connectivity index (χ1v) is 10.0. The van der Waals surface area contributed by atoms with Crippen LogP contribution in [0.1, 0.15) is 23.6 Å². The van der Waals surface area contributed by atoms with Gasteiger partial charge in [-0.05, 0) is 44.2 Å². The predicted molar refractivity (Wildman–Crippen MR) is 112 cm³/mol. The van der Waals surface area contributed by atoms with Gasteiger partial charge in [-0.3, -0.25) is 4.90 Å². The summed E-state index contributed by atoms with van der Waals surface area (Å²) in [6, 6.07) is 17.5. The van der Waals surface area contributed by atoms with E-state index in [0.29, 0.717) is 12.6 Å². The van der Waals surface area contributed by atoms with Gasteiger partial charge >= 0.3 is 0 Å². The molecule has 1 heterocycles. The van der Waals surface area contributed by atoms with Gasteiger partial charge in [0.25, 0.3) is 0 Å². The molecule has 3 rings (SSSR count). The van der Waals surface area contributed by atoms with Crippen molar-refractivity contribution in [2.75, 3.05) is 39.8 Å². The number of aryl methyl sites for hydroxylation is 1. The third-order valence-electron chi connectivity index (χ3n) is 5.38. The van der Waals surface area contributed by atoms with Gasteiger partial charge in [-0.1, -0.05) is 42.0 Å². The zero-order valence-electron chi connectivity index (χ0n) is 16.9. The van der Waals surface area contributed by atoms with E-state index in [0.717, 1.165) is 18.8 Å². The molecule has 1 fully saturated rings. The van der Waals surface area contributed by atoms with Crippen molar-refractivity contribution in [1.29, 1.82) is 0 Å². The molecule has 1 saturated heterocycles. The zero-order chi connectivity index (χ0) is 19.1. The number of nitrogens with zero attached hydrogens (tertiary/aromatic N) is 2. The van der Waals surface area contributed by atoms with E-state index < -0.39 is 0 Å². The minimum atomic E-state index is 0.579. The summed E-state index contributed by atoms with van der Waals surface area (Å²) in [7, 11) is 2.20. The zero-order valence-corrected chi connectivity index (χ0v) is 16.9. The van der Waals surface area contributed by atoms with Gasteiger partial charge in [0, 0.05) is 45.3 Å². The van der Waals surface area contributed by atoms with Crippen molar-refractivity contribution >= 4 is 0 Å². The van der Waals surface area contributed by atoms with Crippen LogP contribution in [-0.2, 0) is 13.2 Å². The second kappa shape index (κ2) is 9.88. The van der Waals surface area contributed by atoms with Crippen molar-refractivity contribution in [2.24, 2.45) is 0 Å². The summed E-state index contributed by atoms with van der Waals surface area (Å²) in [5.41, 5.74) is 3.77. The van der Waals surface area contributed by atoms with Crippen LogP contribution in [0.25, 0.3) is 0 Å². The van der Waals surface area contributed by atoms with Crippen molar-refractivity contribution in [3.63, 3.8) is 0 Å². The van der Waals surface area contributed by atoms with Crippen molar-refractivity contribution in [3.8, 4) is 5.75 Å². The second-order valence-corrected chi connectivity index (χ2v) is 7.74. The lowest BCUT2D eigenvalue weighted by atomic mass is 10.1. The van der Waals surface area contributed by atoms with Gasteiger partial charge in [0.2, 0.25) is 0 Å². The fourth-order valence-electron chi connectivity index (χ4n) is 3.37. The molecule has 0 aromatic heterocycles. The summed E-state index contributed by atoms with van der Waals surface area (Å²) >= 11 is 0. The van der Waals surface area contributed by atoms with Crippen LogP contribution in [0.4, 0.5) is 0 Å². The molecule has 2 aromatic rings. The first-order valence-electron chi connectivity index (χ1n) is 10.0. The third-order valence-corrected chi connectivity index (χ3v) is 5.38. The SMILES string of the molecule is Cc1ccc(COc2ccc(CNCC(C)N3CCN(C)CC3)cc2)cc1. The van der Waals surface area contributed by atoms with Gasteiger partial charge < -0.3 is 15.0 Å². The van der Waals surface area contributed by atoms with Gasteiger partial charge in [0.05, 0.1) is 0 Å². The quantitative estimate of drug-likeness (QED) is 0.775. The maximum Gasteiger partial charge on any atom is 0.119 e. The first-order chi connectivity index (χ1) is 13.1. The van der Waals surface area contributed by atoms with E-state index in [2.05, 4.69) is 84.5 Å². The highest BCUT2D eigenvalue weighted by Crippen LogP contribution is 2.15. The van der Waals surface area contributed by atoms with Gasteiger partial charge in [-0.2, -0.15) is 0 Å². The molecule has 1 aliphatic heterocycles. The summed E-state index contributed by atoms with van der Waals surface area (Å²) in [4.78, 5) is 4.98. The lowest BCUT2D eigenvalue weighted by Gasteiger charge is -2.36. The topological polar surface area (TPSA) is 27.7 Å². The first kappa shape index (κ1) is 19.9. The normalized spacial score (nSPS) is 17.0. The lowest BCUT2D eigenvalue weighted by Crippen LogP contribution is -2.50. The Labute approximate surface area is 164 Å². The molecule has 0 aliphatic carbocycles. The molecule has 0 bridgehead atoms. The number of benzene rings is 2. The summed E-state index contributed by atoms with van der Waals surface area (Å²) < 4.78 is 5.89. The molecule has 27 heavy (non-hydrogen) atoms. The highest BCUT2D eigenvalue weighted by atomic mass is 16.5. The third kappa shape index (κ3) is 6.35. The molecule has 0 amide bonds. The molecule has 0 radical (unpaired) electrons. The largest absolute Gasteiger partial charge is 0.489 e. The average Bonchev–Trinajstić information content (AvgIpc) is 2.69. The Kier molecular flexibility index (Phi) is 7.27. The van der Waals surface area contributed by atoms with Crippen LogP contribution in [0, 0.1) is 6.92 Å². The van der Waals surface area contributed by atoms with Crippen LogP contribution in [0.5, 0.6) is 5.75 Å². The fraction of sp³-hybridized carbons (Fsp3) is 0.478. The van der Waals surface area contributed by atoms with Crippen molar-refractivity contribution in [2.45, 2.75) is 33.0 Å². The Morgan fingerprint density at radius 1 is 0.926 bits per heavy atom. The molecular weight excluding hydrogens is 334 g/mol. The smallest absolute Gasteiger partial charge is 0.119 e. The number of likely N-dealkylation sites (N-methyl/N-ethyl adjacent to an activating group) is 1. The van der Waals surface area contributed by atoms with Crippen molar-refractivity contribution < 1.29 is 4.74 Å². The van der Waals surface area contributed by atoms with E-state index >= 15 is 0 Å². The van der Waals surface area contributed by atoms with Crippen LogP contribution < -0.4 is 10.1 Å². The van der Waals surface area contributed by atoms with Gasteiger partial charge in [-0.25, -0.2) is 0 Å². The van der Waals surface area contributed by atoms with Gasteiger partial charge in [-0.15, -0.1) is 0 Å². The molecule has 1 N–H and O–H groups in total. The van der Waals surface area contributed by atoms with E-state index in [-0.39, 0.29) is 0 Å². The average molecular weight is 368 g/mol. The summed E-state index contributed by atoms with van der Waals surface area (Å²) in [6.45, 7) is 11.7.